The van der Waals surface area contributed by atoms with E-state index in [9.17, 15) is 9.59 Å². The number of carbonyl (C=O) groups is 2. The molecule has 144 valence electrons. The lowest BCUT2D eigenvalue weighted by Crippen LogP contribution is -2.25. The Morgan fingerprint density at radius 1 is 1.25 bits per heavy atom. The number of anilines is 1. The van der Waals surface area contributed by atoms with Gasteiger partial charge < -0.3 is 10.6 Å². The van der Waals surface area contributed by atoms with Gasteiger partial charge in [0, 0.05) is 41.1 Å². The molecule has 0 spiro atoms. The van der Waals surface area contributed by atoms with Crippen LogP contribution >= 0.6 is 11.3 Å². The van der Waals surface area contributed by atoms with E-state index in [0.29, 0.717) is 42.4 Å². The molecule has 1 aliphatic carbocycles. The molecule has 1 fully saturated rings. The highest BCUT2D eigenvalue weighted by Gasteiger charge is 2.27. The Morgan fingerprint density at radius 2 is 2.14 bits per heavy atom. The molecular formula is C20H21N5O2S. The van der Waals surface area contributed by atoms with Crippen molar-refractivity contribution in [3.8, 4) is 11.4 Å². The molecular weight excluding hydrogens is 374 g/mol. The summed E-state index contributed by atoms with van der Waals surface area (Å²) < 4.78 is 0. The van der Waals surface area contributed by atoms with Crippen LogP contribution in [-0.2, 0) is 4.79 Å². The van der Waals surface area contributed by atoms with Gasteiger partial charge in [-0.3, -0.25) is 14.7 Å². The van der Waals surface area contributed by atoms with Crippen molar-refractivity contribution in [2.24, 2.45) is 0 Å². The van der Waals surface area contributed by atoms with E-state index in [1.807, 2.05) is 29.6 Å². The average molecular weight is 395 g/mol. The van der Waals surface area contributed by atoms with E-state index in [1.165, 1.54) is 24.2 Å². The van der Waals surface area contributed by atoms with Gasteiger partial charge in [-0.05, 0) is 42.8 Å². The van der Waals surface area contributed by atoms with Crippen molar-refractivity contribution in [3.63, 3.8) is 0 Å². The Balaban J connectivity index is 1.25. The third kappa shape index (κ3) is 4.64. The summed E-state index contributed by atoms with van der Waals surface area (Å²) >= 11 is 1.48. The molecule has 2 aromatic heterocycles. The Morgan fingerprint density at radius 3 is 2.93 bits per heavy atom. The fourth-order valence-electron chi connectivity index (χ4n) is 2.85. The highest BCUT2D eigenvalue weighted by atomic mass is 32.1. The summed E-state index contributed by atoms with van der Waals surface area (Å²) in [5.41, 5.74) is 2.23. The molecule has 3 N–H and O–H groups in total. The number of benzene rings is 1. The first-order valence-corrected chi connectivity index (χ1v) is 10.3. The smallest absolute Gasteiger partial charge is 0.252 e. The Hall–Kier alpha value is -3.00. The van der Waals surface area contributed by atoms with E-state index >= 15 is 0 Å². The molecule has 2 amide bonds. The lowest BCUT2D eigenvalue weighted by atomic mass is 10.2. The zero-order valence-corrected chi connectivity index (χ0v) is 16.1. The van der Waals surface area contributed by atoms with Crippen LogP contribution in [-0.4, -0.2) is 33.5 Å². The van der Waals surface area contributed by atoms with Crippen molar-refractivity contribution >= 4 is 28.8 Å². The molecule has 7 nitrogen and oxygen atoms in total. The molecule has 1 saturated carbocycles. The number of aromatic amines is 1. The number of aromatic nitrogens is 3. The fourth-order valence-corrected chi connectivity index (χ4v) is 3.48. The van der Waals surface area contributed by atoms with Crippen LogP contribution in [0.15, 0.2) is 41.1 Å². The molecule has 0 saturated heterocycles. The molecule has 4 rings (SSSR count). The Kier molecular flexibility index (Phi) is 5.48. The first kappa shape index (κ1) is 18.4. The molecule has 1 aromatic carbocycles. The highest BCUT2D eigenvalue weighted by molar-refractivity contribution is 7.08. The van der Waals surface area contributed by atoms with Gasteiger partial charge in [-0.25, -0.2) is 4.98 Å². The van der Waals surface area contributed by atoms with E-state index < -0.39 is 0 Å². The maximum atomic E-state index is 12.2. The molecule has 1 aliphatic rings. The van der Waals surface area contributed by atoms with Gasteiger partial charge >= 0.3 is 0 Å². The largest absolute Gasteiger partial charge is 0.352 e. The lowest BCUT2D eigenvalue weighted by Gasteiger charge is -2.07. The average Bonchev–Trinajstić information content (AvgIpc) is 3.20. The molecule has 28 heavy (non-hydrogen) atoms. The molecule has 8 heteroatoms. The first-order valence-electron chi connectivity index (χ1n) is 9.32. The van der Waals surface area contributed by atoms with Crippen molar-refractivity contribution in [3.05, 3.63) is 52.5 Å². The van der Waals surface area contributed by atoms with Gasteiger partial charge in [0.05, 0.1) is 0 Å². The monoisotopic (exact) mass is 395 g/mol. The number of hydrogen-bond acceptors (Lipinski definition) is 5. The maximum Gasteiger partial charge on any atom is 0.252 e. The second kappa shape index (κ2) is 8.35. The zero-order chi connectivity index (χ0) is 19.3. The van der Waals surface area contributed by atoms with Crippen LogP contribution in [0, 0.1) is 0 Å². The SMILES string of the molecule is O=C(CCCNC(=O)c1ccsc1)Nc1cccc(-c2n[nH]c(C3CC3)n2)c1. The van der Waals surface area contributed by atoms with Gasteiger partial charge in [-0.1, -0.05) is 12.1 Å². The molecule has 0 unspecified atom stereocenters. The zero-order valence-electron chi connectivity index (χ0n) is 15.3. The van der Waals surface area contributed by atoms with Crippen LogP contribution in [0.2, 0.25) is 0 Å². The second-order valence-electron chi connectivity index (χ2n) is 6.82. The number of rotatable bonds is 8. The van der Waals surface area contributed by atoms with Crippen LogP contribution in [0.5, 0.6) is 0 Å². The number of H-pyrrole nitrogens is 1. The molecule has 0 radical (unpaired) electrons. The number of carbonyl (C=O) groups excluding carboxylic acids is 2. The molecule has 0 atom stereocenters. The van der Waals surface area contributed by atoms with Crippen molar-refractivity contribution in [1.82, 2.24) is 20.5 Å². The van der Waals surface area contributed by atoms with E-state index in [2.05, 4.69) is 25.8 Å². The summed E-state index contributed by atoms with van der Waals surface area (Å²) in [6, 6.07) is 9.29. The maximum absolute atomic E-state index is 12.2. The van der Waals surface area contributed by atoms with Gasteiger partial charge in [0.15, 0.2) is 5.82 Å². The summed E-state index contributed by atoms with van der Waals surface area (Å²) in [7, 11) is 0. The van der Waals surface area contributed by atoms with Crippen LogP contribution in [0.3, 0.4) is 0 Å². The van der Waals surface area contributed by atoms with Crippen molar-refractivity contribution < 1.29 is 9.59 Å². The number of amides is 2. The van der Waals surface area contributed by atoms with Gasteiger partial charge in [0.2, 0.25) is 5.91 Å². The quantitative estimate of drug-likeness (QED) is 0.508. The predicted octanol–water partition coefficient (Wildman–Crippen LogP) is 3.56. The summed E-state index contributed by atoms with van der Waals surface area (Å²) in [4.78, 5) is 28.6. The minimum absolute atomic E-state index is 0.0874. The van der Waals surface area contributed by atoms with E-state index in [4.69, 9.17) is 0 Å². The summed E-state index contributed by atoms with van der Waals surface area (Å²) in [6.07, 6.45) is 3.24. The third-order valence-electron chi connectivity index (χ3n) is 4.52. The summed E-state index contributed by atoms with van der Waals surface area (Å²) in [5, 5.41) is 16.7. The van der Waals surface area contributed by atoms with Gasteiger partial charge in [-0.15, -0.1) is 0 Å². The van der Waals surface area contributed by atoms with Gasteiger partial charge in [0.1, 0.15) is 5.82 Å². The van der Waals surface area contributed by atoms with Gasteiger partial charge in [0.25, 0.3) is 5.91 Å². The van der Waals surface area contributed by atoms with Crippen LogP contribution in [0.25, 0.3) is 11.4 Å². The molecule has 3 aromatic rings. The first-order chi connectivity index (χ1) is 13.7. The minimum atomic E-state index is -0.105. The molecule has 0 bridgehead atoms. The normalized spacial score (nSPS) is 13.3. The number of nitrogens with one attached hydrogen (secondary N) is 3. The topological polar surface area (TPSA) is 99.8 Å². The van der Waals surface area contributed by atoms with Crippen LogP contribution < -0.4 is 10.6 Å². The van der Waals surface area contributed by atoms with E-state index in [-0.39, 0.29) is 11.8 Å². The lowest BCUT2D eigenvalue weighted by molar-refractivity contribution is -0.116. The van der Waals surface area contributed by atoms with Crippen molar-refractivity contribution in [1.29, 1.82) is 0 Å². The Bertz CT molecular complexity index is 963. The van der Waals surface area contributed by atoms with Crippen LogP contribution in [0.4, 0.5) is 5.69 Å². The molecule has 2 heterocycles. The van der Waals surface area contributed by atoms with E-state index in [1.54, 1.807) is 11.4 Å². The predicted molar refractivity (Wildman–Crippen MR) is 108 cm³/mol. The number of thiophene rings is 1. The summed E-state index contributed by atoms with van der Waals surface area (Å²) in [5.74, 6) is 1.91. The van der Waals surface area contributed by atoms with Crippen LogP contribution in [0.1, 0.15) is 47.8 Å². The standard InChI is InChI=1S/C20H21N5O2S/c26-17(5-2-9-21-20(27)15-8-10-28-12-15)22-16-4-1-3-14(11-16)19-23-18(24-25-19)13-6-7-13/h1,3-4,8,10-13H,2,5-7,9H2,(H,21,27)(H,22,26)(H,23,24,25). The van der Waals surface area contributed by atoms with Crippen molar-refractivity contribution in [2.75, 3.05) is 11.9 Å². The number of hydrogen-bond donors (Lipinski definition) is 3. The second-order valence-corrected chi connectivity index (χ2v) is 7.60. The minimum Gasteiger partial charge on any atom is -0.352 e. The van der Waals surface area contributed by atoms with Crippen molar-refractivity contribution in [2.45, 2.75) is 31.6 Å². The number of nitrogens with zero attached hydrogens (tertiary/aromatic N) is 2. The summed E-state index contributed by atoms with van der Waals surface area (Å²) in [6.45, 7) is 0.462. The fraction of sp³-hybridized carbons (Fsp3) is 0.300. The highest BCUT2D eigenvalue weighted by Crippen LogP contribution is 2.38. The third-order valence-corrected chi connectivity index (χ3v) is 5.20. The van der Waals surface area contributed by atoms with E-state index in [0.717, 1.165) is 11.4 Å². The Labute approximate surface area is 166 Å². The molecule has 0 aliphatic heterocycles. The van der Waals surface area contributed by atoms with Gasteiger partial charge in [-0.2, -0.15) is 16.4 Å².